The molecular formula is C8H4BrIO6. The normalized spacial score (nSPS) is 10.4. The molecule has 0 atom stereocenters. The maximum atomic E-state index is 10.9. The summed E-state index contributed by atoms with van der Waals surface area (Å²) in [5, 5.41) is 17.6. The minimum Gasteiger partial charge on any atom is -0.478 e. The Labute approximate surface area is 105 Å². The third-order valence-electron chi connectivity index (χ3n) is 1.65. The monoisotopic (exact) mass is 402 g/mol. The SMILES string of the molecule is O=C(O)c1cc(Br)cc(C(=O)O)c1I(=O)=O. The van der Waals surface area contributed by atoms with Gasteiger partial charge in [0.05, 0.1) is 11.1 Å². The molecule has 0 aliphatic heterocycles. The van der Waals surface area contributed by atoms with Crippen LogP contribution in [-0.2, 0) is 6.14 Å². The Hall–Kier alpha value is -1.03. The summed E-state index contributed by atoms with van der Waals surface area (Å²) in [6.07, 6.45) is 0. The highest BCUT2D eigenvalue weighted by Gasteiger charge is 2.23. The minimum atomic E-state index is -4.20. The number of benzene rings is 1. The van der Waals surface area contributed by atoms with Crippen molar-refractivity contribution in [2.45, 2.75) is 0 Å². The fourth-order valence-corrected chi connectivity index (χ4v) is 3.25. The predicted octanol–water partition coefficient (Wildman–Crippen LogP) is 2.21. The van der Waals surface area contributed by atoms with E-state index in [-0.39, 0.29) is 4.47 Å². The highest BCUT2D eigenvalue weighted by atomic mass is 127. The third-order valence-corrected chi connectivity index (χ3v) is 4.15. The fourth-order valence-electron chi connectivity index (χ4n) is 1.07. The Morgan fingerprint density at radius 2 is 1.44 bits per heavy atom. The van der Waals surface area contributed by atoms with Crippen LogP contribution >= 0.6 is 35.7 Å². The van der Waals surface area contributed by atoms with Gasteiger partial charge in [0, 0.05) is 4.47 Å². The van der Waals surface area contributed by atoms with Crippen molar-refractivity contribution in [1.29, 1.82) is 0 Å². The number of rotatable bonds is 3. The summed E-state index contributed by atoms with van der Waals surface area (Å²) >= 11 is -1.28. The Morgan fingerprint density at radius 3 is 1.69 bits per heavy atom. The van der Waals surface area contributed by atoms with Crippen molar-refractivity contribution < 1.29 is 25.9 Å². The van der Waals surface area contributed by atoms with E-state index in [1.165, 1.54) is 0 Å². The smallest absolute Gasteiger partial charge is 0.342 e. The second kappa shape index (κ2) is 4.87. The van der Waals surface area contributed by atoms with E-state index in [1.807, 2.05) is 0 Å². The van der Waals surface area contributed by atoms with Gasteiger partial charge in [0.15, 0.2) is 0 Å². The second-order valence-electron chi connectivity index (χ2n) is 2.64. The summed E-state index contributed by atoms with van der Waals surface area (Å²) in [4.78, 5) is 21.6. The van der Waals surface area contributed by atoms with Crippen LogP contribution in [0.3, 0.4) is 0 Å². The summed E-state index contributed by atoms with van der Waals surface area (Å²) in [5.41, 5.74) is -1.05. The maximum Gasteiger partial charge on any atom is 0.342 e. The lowest BCUT2D eigenvalue weighted by atomic mass is 10.1. The molecule has 0 fully saturated rings. The molecule has 0 aliphatic carbocycles. The maximum absolute atomic E-state index is 10.9. The fraction of sp³-hybridized carbons (Fsp3) is 0. The number of carboxylic acid groups (broad SMARTS) is 2. The van der Waals surface area contributed by atoms with Gasteiger partial charge in [-0.25, -0.2) is 15.7 Å². The number of halogens is 2. The van der Waals surface area contributed by atoms with E-state index in [1.54, 1.807) is 0 Å². The molecule has 0 aromatic heterocycles. The van der Waals surface area contributed by atoms with E-state index in [2.05, 4.69) is 15.9 Å². The first-order chi connectivity index (χ1) is 7.34. The van der Waals surface area contributed by atoms with Gasteiger partial charge in [0.1, 0.15) is 3.57 Å². The number of hydrogen-bond acceptors (Lipinski definition) is 4. The van der Waals surface area contributed by atoms with E-state index in [9.17, 15) is 15.7 Å². The summed E-state index contributed by atoms with van der Waals surface area (Å²) in [6, 6.07) is 2.12. The van der Waals surface area contributed by atoms with E-state index in [0.717, 1.165) is 12.1 Å². The molecule has 86 valence electrons. The van der Waals surface area contributed by atoms with Crippen molar-refractivity contribution in [2.24, 2.45) is 0 Å². The lowest BCUT2D eigenvalue weighted by Gasteiger charge is -2.03. The van der Waals surface area contributed by atoms with Gasteiger partial charge in [-0.2, -0.15) is 0 Å². The van der Waals surface area contributed by atoms with Gasteiger partial charge >= 0.3 is 31.7 Å². The number of hydrogen-bond donors (Lipinski definition) is 2. The van der Waals surface area contributed by atoms with Crippen molar-refractivity contribution in [2.75, 3.05) is 0 Å². The van der Waals surface area contributed by atoms with E-state index >= 15 is 0 Å². The average Bonchev–Trinajstić information content (AvgIpc) is 2.15. The zero-order valence-corrected chi connectivity index (χ0v) is 11.2. The van der Waals surface area contributed by atoms with Crippen LogP contribution in [0.5, 0.6) is 0 Å². The van der Waals surface area contributed by atoms with E-state index in [4.69, 9.17) is 10.2 Å². The first kappa shape index (κ1) is 13.0. The van der Waals surface area contributed by atoms with Gasteiger partial charge < -0.3 is 10.2 Å². The van der Waals surface area contributed by atoms with Gasteiger partial charge in [-0.3, -0.25) is 0 Å². The van der Waals surface area contributed by atoms with Crippen LogP contribution in [0.25, 0.3) is 0 Å². The highest BCUT2D eigenvalue weighted by molar-refractivity contribution is 14.2. The standard InChI is InChI=1S/C8H4BrIO6/c9-3-1-4(7(11)12)6(10(15)16)5(2-3)8(13)14/h1-2H,(H,11,12)(H,13,14). The van der Waals surface area contributed by atoms with Crippen LogP contribution in [0.1, 0.15) is 20.7 Å². The van der Waals surface area contributed by atoms with Crippen LogP contribution in [0.15, 0.2) is 16.6 Å². The van der Waals surface area contributed by atoms with Crippen LogP contribution in [-0.4, -0.2) is 22.2 Å². The number of carbonyl (C=O) groups is 2. The molecule has 0 saturated carbocycles. The Balaban J connectivity index is 3.74. The summed E-state index contributed by atoms with van der Waals surface area (Å²) in [5.74, 6) is -2.96. The molecule has 0 saturated heterocycles. The van der Waals surface area contributed by atoms with E-state index in [0.29, 0.717) is 0 Å². The van der Waals surface area contributed by atoms with Crippen molar-refractivity contribution in [3.05, 3.63) is 31.3 Å². The van der Waals surface area contributed by atoms with Crippen molar-refractivity contribution in [3.8, 4) is 0 Å². The van der Waals surface area contributed by atoms with Crippen LogP contribution in [0, 0.1) is 3.57 Å². The lowest BCUT2D eigenvalue weighted by molar-refractivity contribution is 0.0695. The Morgan fingerprint density at radius 1 is 1.06 bits per heavy atom. The predicted molar refractivity (Wildman–Crippen MR) is 62.2 cm³/mol. The second-order valence-corrected chi connectivity index (χ2v) is 5.88. The lowest BCUT2D eigenvalue weighted by Crippen LogP contribution is -2.08. The Bertz CT molecular complexity index is 504. The molecule has 0 unspecified atom stereocenters. The molecule has 1 aromatic rings. The first-order valence-corrected chi connectivity index (χ1v) is 7.33. The van der Waals surface area contributed by atoms with Gasteiger partial charge in [0.2, 0.25) is 0 Å². The van der Waals surface area contributed by atoms with Crippen LogP contribution in [0.2, 0.25) is 0 Å². The highest BCUT2D eigenvalue weighted by Crippen LogP contribution is 2.29. The van der Waals surface area contributed by atoms with Gasteiger partial charge in [0.25, 0.3) is 0 Å². The van der Waals surface area contributed by atoms with Gasteiger partial charge in [-0.1, -0.05) is 15.9 Å². The summed E-state index contributed by atoms with van der Waals surface area (Å²) in [7, 11) is 0. The molecule has 8 heteroatoms. The van der Waals surface area contributed by atoms with Crippen molar-refractivity contribution >= 4 is 47.7 Å². The van der Waals surface area contributed by atoms with Gasteiger partial charge in [-0.05, 0) is 12.1 Å². The molecule has 0 radical (unpaired) electrons. The number of aromatic carboxylic acids is 2. The third kappa shape index (κ3) is 2.55. The molecule has 0 spiro atoms. The average molecular weight is 403 g/mol. The molecule has 0 amide bonds. The van der Waals surface area contributed by atoms with Crippen molar-refractivity contribution in [1.82, 2.24) is 0 Å². The molecule has 2 N–H and O–H groups in total. The first-order valence-electron chi connectivity index (χ1n) is 3.70. The summed E-state index contributed by atoms with van der Waals surface area (Å²) < 4.78 is 21.5. The molecule has 0 bridgehead atoms. The topological polar surface area (TPSA) is 109 Å². The van der Waals surface area contributed by atoms with E-state index < -0.39 is 46.4 Å². The zero-order valence-electron chi connectivity index (χ0n) is 7.44. The molecule has 1 rings (SSSR count). The van der Waals surface area contributed by atoms with Crippen LogP contribution in [0.4, 0.5) is 0 Å². The molecule has 0 heterocycles. The largest absolute Gasteiger partial charge is 0.478 e. The zero-order chi connectivity index (χ0) is 12.5. The molecular weight excluding hydrogens is 399 g/mol. The minimum absolute atomic E-state index is 0.198. The molecule has 0 aliphatic rings. The number of carboxylic acids is 2. The van der Waals surface area contributed by atoms with Gasteiger partial charge in [-0.15, -0.1) is 0 Å². The summed E-state index contributed by atoms with van der Waals surface area (Å²) in [6.45, 7) is 0. The molecule has 6 nitrogen and oxygen atoms in total. The Kier molecular flexibility index (Phi) is 3.97. The quantitative estimate of drug-likeness (QED) is 0.750. The van der Waals surface area contributed by atoms with Crippen molar-refractivity contribution in [3.63, 3.8) is 0 Å². The molecule has 1 aromatic carbocycles. The van der Waals surface area contributed by atoms with Crippen LogP contribution < -0.4 is 0 Å². The molecule has 16 heavy (non-hydrogen) atoms.